The lowest BCUT2D eigenvalue weighted by molar-refractivity contribution is 0.859. The van der Waals surface area contributed by atoms with Crippen LogP contribution in [-0.2, 0) is 0 Å². The molecule has 0 nitrogen and oxygen atoms in total. The molecule has 0 radical (unpaired) electrons. The van der Waals surface area contributed by atoms with Crippen LogP contribution in [0, 0.1) is 0 Å². The fraction of sp³-hybridized carbons (Fsp3) is 0.333. The van der Waals surface area contributed by atoms with Gasteiger partial charge in [-0.05, 0) is 72.2 Å². The van der Waals surface area contributed by atoms with Crippen LogP contribution in [0.4, 0.5) is 0 Å². The first-order chi connectivity index (χ1) is 11.7. The van der Waals surface area contributed by atoms with E-state index in [9.17, 15) is 0 Å². The minimum atomic E-state index is -1.78. The van der Waals surface area contributed by atoms with Crippen molar-refractivity contribution in [1.29, 1.82) is 0 Å². The number of rotatable bonds is 2. The van der Waals surface area contributed by atoms with Crippen molar-refractivity contribution >= 4 is 31.5 Å². The van der Waals surface area contributed by atoms with Crippen LogP contribution in [-0.4, -0.2) is 8.07 Å². The average molecular weight is 345 g/mol. The second kappa shape index (κ2) is 5.08. The van der Waals surface area contributed by atoms with Crippen LogP contribution in [0.2, 0.25) is 18.1 Å². The maximum absolute atomic E-state index is 2.57. The molecule has 1 atom stereocenters. The normalized spacial score (nSPS) is 24.4. The second-order valence-corrected chi connectivity index (χ2v) is 13.5. The van der Waals surface area contributed by atoms with Gasteiger partial charge in [0.05, 0.1) is 8.07 Å². The number of benzene rings is 1. The van der Waals surface area contributed by atoms with E-state index < -0.39 is 8.07 Å². The molecule has 0 heterocycles. The van der Waals surface area contributed by atoms with Gasteiger partial charge in [0.2, 0.25) is 0 Å². The lowest BCUT2D eigenvalue weighted by atomic mass is 10.0. The van der Waals surface area contributed by atoms with E-state index in [0.29, 0.717) is 0 Å². The summed E-state index contributed by atoms with van der Waals surface area (Å²) in [5.74, 6) is 0. The molecule has 1 aromatic carbocycles. The van der Waals surface area contributed by atoms with E-state index in [1.807, 2.05) is 0 Å². The van der Waals surface area contributed by atoms with Gasteiger partial charge in [0.1, 0.15) is 0 Å². The largest absolute Gasteiger partial charge is 0.0958 e. The van der Waals surface area contributed by atoms with Crippen molar-refractivity contribution in [2.24, 2.45) is 0 Å². The summed E-state index contributed by atoms with van der Waals surface area (Å²) in [5, 5.41) is 4.61. The summed E-state index contributed by atoms with van der Waals surface area (Å²) in [4.78, 5) is 0. The topological polar surface area (TPSA) is 0 Å². The molecule has 3 aliphatic rings. The molecule has 0 spiro atoms. The SMILES string of the molecule is CC1=CC(C)([Si](C)(C)C2=C(C)C=c3cc4c(cc32)=CC=C4)C(C)=C1C. The Labute approximate surface area is 152 Å². The molecule has 0 fully saturated rings. The van der Waals surface area contributed by atoms with Crippen LogP contribution in [0.5, 0.6) is 0 Å². The summed E-state index contributed by atoms with van der Waals surface area (Å²) in [6, 6.07) is 4.81. The van der Waals surface area contributed by atoms with Gasteiger partial charge in [0, 0.05) is 5.04 Å². The van der Waals surface area contributed by atoms with Gasteiger partial charge in [-0.3, -0.25) is 0 Å². The third kappa shape index (κ3) is 2.05. The van der Waals surface area contributed by atoms with Crippen LogP contribution in [0.1, 0.15) is 45.7 Å². The Hall–Kier alpha value is -1.86. The molecule has 3 aliphatic carbocycles. The first-order valence-corrected chi connectivity index (χ1v) is 12.3. The van der Waals surface area contributed by atoms with Crippen LogP contribution in [0.25, 0.3) is 23.4 Å². The third-order valence-corrected chi connectivity index (χ3v) is 12.2. The molecule has 0 amide bonds. The van der Waals surface area contributed by atoms with Crippen LogP contribution in [0.3, 0.4) is 0 Å². The Morgan fingerprint density at radius 2 is 1.68 bits per heavy atom. The first-order valence-electron chi connectivity index (χ1n) is 9.30. The van der Waals surface area contributed by atoms with Crippen molar-refractivity contribution in [3.8, 4) is 0 Å². The molecule has 0 saturated carbocycles. The Bertz CT molecular complexity index is 1050. The van der Waals surface area contributed by atoms with Crippen molar-refractivity contribution < 1.29 is 0 Å². The van der Waals surface area contributed by atoms with Gasteiger partial charge in [-0.1, -0.05) is 67.1 Å². The Morgan fingerprint density at radius 3 is 2.32 bits per heavy atom. The molecule has 128 valence electrons. The zero-order chi connectivity index (χ0) is 18.1. The summed E-state index contributed by atoms with van der Waals surface area (Å²) in [6.07, 6.45) is 11.6. The quantitative estimate of drug-likeness (QED) is 0.633. The van der Waals surface area contributed by atoms with Crippen molar-refractivity contribution in [2.75, 3.05) is 0 Å². The van der Waals surface area contributed by atoms with Gasteiger partial charge in [-0.25, -0.2) is 0 Å². The summed E-state index contributed by atoms with van der Waals surface area (Å²) in [7, 11) is -1.78. The predicted molar refractivity (Wildman–Crippen MR) is 114 cm³/mol. The van der Waals surface area contributed by atoms with Crippen molar-refractivity contribution in [2.45, 2.75) is 52.8 Å². The van der Waals surface area contributed by atoms with Crippen LogP contribution in [0.15, 0.2) is 46.6 Å². The van der Waals surface area contributed by atoms with Crippen molar-refractivity contribution in [3.63, 3.8) is 0 Å². The Kier molecular flexibility index (Phi) is 3.37. The second-order valence-electron chi connectivity index (χ2n) is 8.70. The molecule has 0 aliphatic heterocycles. The van der Waals surface area contributed by atoms with Gasteiger partial charge in [-0.15, -0.1) is 0 Å². The Morgan fingerprint density at radius 1 is 0.960 bits per heavy atom. The van der Waals surface area contributed by atoms with Gasteiger partial charge in [-0.2, -0.15) is 0 Å². The summed E-state index contributed by atoms with van der Waals surface area (Å²) >= 11 is 0. The molecule has 0 saturated heterocycles. The molecule has 0 bridgehead atoms. The van der Waals surface area contributed by atoms with Crippen LogP contribution >= 0.6 is 0 Å². The third-order valence-electron chi connectivity index (χ3n) is 7.20. The van der Waals surface area contributed by atoms with Gasteiger partial charge in [0.15, 0.2) is 0 Å². The lowest BCUT2D eigenvalue weighted by Gasteiger charge is -2.42. The van der Waals surface area contributed by atoms with E-state index in [0.717, 1.165) is 0 Å². The highest BCUT2D eigenvalue weighted by molar-refractivity contribution is 6.98. The molecule has 1 aromatic rings. The molecule has 0 aromatic heterocycles. The zero-order valence-corrected chi connectivity index (χ0v) is 17.5. The van der Waals surface area contributed by atoms with E-state index in [-0.39, 0.29) is 5.04 Å². The molecule has 4 rings (SSSR count). The van der Waals surface area contributed by atoms with E-state index in [1.54, 1.807) is 10.8 Å². The monoisotopic (exact) mass is 344 g/mol. The smallest absolute Gasteiger partial charge is 0.0737 e. The van der Waals surface area contributed by atoms with E-state index in [1.165, 1.54) is 38.3 Å². The molecular weight excluding hydrogens is 316 g/mol. The molecule has 1 unspecified atom stereocenters. The highest BCUT2D eigenvalue weighted by atomic mass is 28.3. The lowest BCUT2D eigenvalue weighted by Crippen LogP contribution is -2.42. The number of fused-ring (bicyclic) bond motifs is 2. The first kappa shape index (κ1) is 16.6. The summed E-state index contributed by atoms with van der Waals surface area (Å²) in [6.45, 7) is 16.8. The number of hydrogen-bond acceptors (Lipinski definition) is 0. The standard InChI is InChI=1S/C24H28Si/c1-15-11-21-12-19-9-8-10-20(19)13-22(21)23(15)25(6,7)24(5)14-16(2)17(3)18(24)4/h8-14H,1-7H3. The summed E-state index contributed by atoms with van der Waals surface area (Å²) in [5.41, 5.74) is 8.85. The minimum absolute atomic E-state index is 0.189. The minimum Gasteiger partial charge on any atom is -0.0737 e. The van der Waals surface area contributed by atoms with Crippen molar-refractivity contribution in [1.82, 2.24) is 0 Å². The maximum atomic E-state index is 2.57. The summed E-state index contributed by atoms with van der Waals surface area (Å²) < 4.78 is 0. The number of allylic oxidation sites excluding steroid dienone is 6. The average Bonchev–Trinajstić information content (AvgIpc) is 3.17. The molecule has 1 heteroatoms. The van der Waals surface area contributed by atoms with Gasteiger partial charge >= 0.3 is 0 Å². The predicted octanol–water partition coefficient (Wildman–Crippen LogP) is 5.37. The fourth-order valence-electron chi connectivity index (χ4n) is 5.12. The Balaban J connectivity index is 1.92. The van der Waals surface area contributed by atoms with Crippen LogP contribution < -0.4 is 10.4 Å². The van der Waals surface area contributed by atoms with E-state index in [2.05, 4.69) is 90.2 Å². The molecular formula is C24H28Si. The van der Waals surface area contributed by atoms with Gasteiger partial charge in [0.25, 0.3) is 0 Å². The highest BCUT2D eigenvalue weighted by Crippen LogP contribution is 2.57. The zero-order valence-electron chi connectivity index (χ0n) is 16.5. The van der Waals surface area contributed by atoms with Crippen molar-refractivity contribution in [3.05, 3.63) is 68.1 Å². The van der Waals surface area contributed by atoms with E-state index >= 15 is 0 Å². The molecule has 25 heavy (non-hydrogen) atoms. The maximum Gasteiger partial charge on any atom is 0.0958 e. The number of hydrogen-bond donors (Lipinski definition) is 0. The molecule has 0 N–H and O–H groups in total. The fourth-order valence-corrected chi connectivity index (χ4v) is 9.29. The van der Waals surface area contributed by atoms with E-state index in [4.69, 9.17) is 0 Å². The van der Waals surface area contributed by atoms with Gasteiger partial charge < -0.3 is 0 Å². The highest BCUT2D eigenvalue weighted by Gasteiger charge is 2.49.